The van der Waals surface area contributed by atoms with E-state index in [1.165, 1.54) is 0 Å². The predicted molar refractivity (Wildman–Crippen MR) is 79.2 cm³/mol. The minimum atomic E-state index is 0.133. The number of ether oxygens (including phenoxy) is 1. The van der Waals surface area contributed by atoms with Crippen molar-refractivity contribution >= 4 is 27.3 Å². The fourth-order valence-electron chi connectivity index (χ4n) is 1.68. The zero-order valence-electron chi connectivity index (χ0n) is 10.3. The molecule has 3 nitrogen and oxygen atoms in total. The maximum absolute atomic E-state index is 5.79. The molecule has 0 saturated carbocycles. The Labute approximate surface area is 119 Å². The van der Waals surface area contributed by atoms with Crippen LogP contribution < -0.4 is 10.5 Å². The lowest BCUT2D eigenvalue weighted by atomic mass is 10.1. The molecule has 0 aliphatic carbocycles. The highest BCUT2D eigenvalue weighted by Gasteiger charge is 2.11. The fraction of sp³-hybridized carbons (Fsp3) is 0.308. The molecule has 96 valence electrons. The Morgan fingerprint density at radius 3 is 2.94 bits per heavy atom. The topological polar surface area (TPSA) is 48.1 Å². The molecule has 0 bridgehead atoms. The van der Waals surface area contributed by atoms with Gasteiger partial charge in [0.1, 0.15) is 5.75 Å². The number of thiazole rings is 1. The molecule has 18 heavy (non-hydrogen) atoms. The Bertz CT molecular complexity index is 540. The van der Waals surface area contributed by atoms with Gasteiger partial charge in [-0.3, -0.25) is 0 Å². The number of hydrogen-bond donors (Lipinski definition) is 1. The van der Waals surface area contributed by atoms with Gasteiger partial charge in [0, 0.05) is 27.9 Å². The third kappa shape index (κ3) is 3.10. The Morgan fingerprint density at radius 1 is 1.50 bits per heavy atom. The summed E-state index contributed by atoms with van der Waals surface area (Å²) in [5.74, 6) is 0.829. The van der Waals surface area contributed by atoms with Crippen LogP contribution >= 0.6 is 27.3 Å². The number of benzene rings is 1. The zero-order chi connectivity index (χ0) is 13.1. The van der Waals surface area contributed by atoms with Gasteiger partial charge in [-0.25, -0.2) is 4.98 Å². The van der Waals surface area contributed by atoms with Crippen LogP contribution in [0, 0.1) is 0 Å². The van der Waals surface area contributed by atoms with Crippen molar-refractivity contribution in [1.82, 2.24) is 4.98 Å². The van der Waals surface area contributed by atoms with Gasteiger partial charge < -0.3 is 10.5 Å². The minimum Gasteiger partial charge on any atom is -0.496 e. The van der Waals surface area contributed by atoms with Crippen molar-refractivity contribution in [2.24, 2.45) is 5.73 Å². The van der Waals surface area contributed by atoms with E-state index in [1.54, 1.807) is 18.4 Å². The molecule has 1 aromatic heterocycles. The van der Waals surface area contributed by atoms with Crippen molar-refractivity contribution in [3.05, 3.63) is 33.1 Å². The summed E-state index contributed by atoms with van der Waals surface area (Å²) in [5, 5.41) is 3.10. The second kappa shape index (κ2) is 5.82. The average Bonchev–Trinajstić information content (AvgIpc) is 2.76. The standard InChI is InChI=1S/C13H15BrN2OS/c1-8(15)5-13-16-11(7-18-13)10-6-9(14)3-4-12(10)17-2/h3-4,6-8H,5,15H2,1-2H3. The molecule has 0 spiro atoms. The molecule has 0 saturated heterocycles. The van der Waals surface area contributed by atoms with Crippen LogP contribution in [0.15, 0.2) is 28.1 Å². The monoisotopic (exact) mass is 326 g/mol. The first-order valence-electron chi connectivity index (χ1n) is 5.64. The molecule has 1 unspecified atom stereocenters. The van der Waals surface area contributed by atoms with Crippen LogP contribution in [-0.2, 0) is 6.42 Å². The van der Waals surface area contributed by atoms with Crippen molar-refractivity contribution in [3.8, 4) is 17.0 Å². The molecule has 1 atom stereocenters. The Hall–Kier alpha value is -0.910. The second-order valence-electron chi connectivity index (χ2n) is 4.15. The SMILES string of the molecule is COc1ccc(Br)cc1-c1csc(CC(C)N)n1. The lowest BCUT2D eigenvalue weighted by molar-refractivity contribution is 0.416. The molecule has 0 radical (unpaired) electrons. The van der Waals surface area contributed by atoms with Crippen molar-refractivity contribution in [2.75, 3.05) is 7.11 Å². The molecule has 0 amide bonds. The van der Waals surface area contributed by atoms with Crippen LogP contribution in [0.5, 0.6) is 5.75 Å². The van der Waals surface area contributed by atoms with E-state index in [1.807, 2.05) is 30.5 Å². The molecule has 2 aromatic rings. The highest BCUT2D eigenvalue weighted by atomic mass is 79.9. The Kier molecular flexibility index (Phi) is 4.37. The fourth-order valence-corrected chi connectivity index (χ4v) is 2.98. The van der Waals surface area contributed by atoms with Crippen molar-refractivity contribution in [2.45, 2.75) is 19.4 Å². The molecule has 0 fully saturated rings. The van der Waals surface area contributed by atoms with Gasteiger partial charge >= 0.3 is 0 Å². The summed E-state index contributed by atoms with van der Waals surface area (Å²) in [7, 11) is 1.67. The van der Waals surface area contributed by atoms with Crippen molar-refractivity contribution < 1.29 is 4.74 Å². The number of nitrogens with zero attached hydrogens (tertiary/aromatic N) is 1. The third-order valence-electron chi connectivity index (χ3n) is 2.49. The molecule has 2 N–H and O–H groups in total. The summed E-state index contributed by atoms with van der Waals surface area (Å²) < 4.78 is 6.38. The molecular weight excluding hydrogens is 312 g/mol. The predicted octanol–water partition coefficient (Wildman–Crippen LogP) is 3.47. The second-order valence-corrected chi connectivity index (χ2v) is 6.01. The molecule has 2 rings (SSSR count). The molecule has 0 aliphatic heterocycles. The van der Waals surface area contributed by atoms with Crippen molar-refractivity contribution in [3.63, 3.8) is 0 Å². The average molecular weight is 327 g/mol. The van der Waals surface area contributed by atoms with Crippen LogP contribution in [0.25, 0.3) is 11.3 Å². The van der Waals surface area contributed by atoms with E-state index in [-0.39, 0.29) is 6.04 Å². The summed E-state index contributed by atoms with van der Waals surface area (Å²) >= 11 is 5.11. The summed E-state index contributed by atoms with van der Waals surface area (Å²) in [6.07, 6.45) is 0.807. The van der Waals surface area contributed by atoms with Crippen LogP contribution in [0.3, 0.4) is 0 Å². The molecule has 1 heterocycles. The lowest BCUT2D eigenvalue weighted by Gasteiger charge is -2.06. The third-order valence-corrected chi connectivity index (χ3v) is 3.85. The van der Waals surface area contributed by atoms with Gasteiger partial charge in [0.15, 0.2) is 0 Å². The van der Waals surface area contributed by atoms with Gasteiger partial charge in [-0.2, -0.15) is 0 Å². The van der Waals surface area contributed by atoms with Crippen LogP contribution in [-0.4, -0.2) is 18.1 Å². The first kappa shape index (κ1) is 13.5. The van der Waals surface area contributed by atoms with Gasteiger partial charge in [-0.1, -0.05) is 15.9 Å². The first-order chi connectivity index (χ1) is 8.60. The summed E-state index contributed by atoms with van der Waals surface area (Å²) in [6.45, 7) is 1.99. The highest BCUT2D eigenvalue weighted by Crippen LogP contribution is 2.33. The van der Waals surface area contributed by atoms with E-state index in [4.69, 9.17) is 10.5 Å². The van der Waals surface area contributed by atoms with Gasteiger partial charge in [0.2, 0.25) is 0 Å². The smallest absolute Gasteiger partial charge is 0.128 e. The number of aromatic nitrogens is 1. The van der Waals surface area contributed by atoms with E-state index in [0.29, 0.717) is 0 Å². The number of methoxy groups -OCH3 is 1. The minimum absolute atomic E-state index is 0.133. The Morgan fingerprint density at radius 2 is 2.28 bits per heavy atom. The van der Waals surface area contributed by atoms with Gasteiger partial charge in [0.25, 0.3) is 0 Å². The van der Waals surface area contributed by atoms with E-state index in [0.717, 1.165) is 32.9 Å². The maximum Gasteiger partial charge on any atom is 0.128 e. The molecule has 0 aliphatic rings. The number of nitrogens with two attached hydrogens (primary N) is 1. The van der Waals surface area contributed by atoms with Crippen LogP contribution in [0.4, 0.5) is 0 Å². The summed E-state index contributed by atoms with van der Waals surface area (Å²) in [6, 6.07) is 6.04. The molecule has 1 aromatic carbocycles. The van der Waals surface area contributed by atoms with E-state index >= 15 is 0 Å². The van der Waals surface area contributed by atoms with Crippen molar-refractivity contribution in [1.29, 1.82) is 0 Å². The lowest BCUT2D eigenvalue weighted by Crippen LogP contribution is -2.17. The normalized spacial score (nSPS) is 12.4. The molecule has 5 heteroatoms. The number of hydrogen-bond acceptors (Lipinski definition) is 4. The molecular formula is C13H15BrN2OS. The van der Waals surface area contributed by atoms with Gasteiger partial charge in [0.05, 0.1) is 17.8 Å². The van der Waals surface area contributed by atoms with Gasteiger partial charge in [-0.15, -0.1) is 11.3 Å². The Balaban J connectivity index is 2.36. The van der Waals surface area contributed by atoms with Crippen LogP contribution in [0.1, 0.15) is 11.9 Å². The maximum atomic E-state index is 5.79. The summed E-state index contributed by atoms with van der Waals surface area (Å²) in [5.41, 5.74) is 7.72. The summed E-state index contributed by atoms with van der Waals surface area (Å²) in [4.78, 5) is 4.61. The zero-order valence-corrected chi connectivity index (χ0v) is 12.7. The van der Waals surface area contributed by atoms with Gasteiger partial charge in [-0.05, 0) is 25.1 Å². The number of rotatable bonds is 4. The largest absolute Gasteiger partial charge is 0.496 e. The van der Waals surface area contributed by atoms with E-state index in [2.05, 4.69) is 20.9 Å². The van der Waals surface area contributed by atoms with E-state index in [9.17, 15) is 0 Å². The van der Waals surface area contributed by atoms with E-state index < -0.39 is 0 Å². The first-order valence-corrected chi connectivity index (χ1v) is 7.31. The number of halogens is 1. The quantitative estimate of drug-likeness (QED) is 0.935. The van der Waals surface area contributed by atoms with Crippen LogP contribution in [0.2, 0.25) is 0 Å². The highest BCUT2D eigenvalue weighted by molar-refractivity contribution is 9.10.